The first-order chi connectivity index (χ1) is 17.5. The summed E-state index contributed by atoms with van der Waals surface area (Å²) < 4.78 is 11.6. The number of benzene rings is 2. The molecule has 4 saturated carbocycles. The van der Waals surface area contributed by atoms with Crippen LogP contribution in [-0.2, 0) is 9.59 Å². The van der Waals surface area contributed by atoms with Crippen molar-refractivity contribution in [2.45, 2.75) is 51.4 Å². The lowest BCUT2D eigenvalue weighted by Gasteiger charge is -2.21. The Labute approximate surface area is 209 Å². The van der Waals surface area contributed by atoms with Gasteiger partial charge in [0.15, 0.2) is 5.78 Å². The normalized spacial score (nSPS) is 31.3. The third kappa shape index (κ3) is 3.30. The molecule has 0 N–H and O–H groups in total. The van der Waals surface area contributed by atoms with E-state index in [9.17, 15) is 19.2 Å². The van der Waals surface area contributed by atoms with Crippen LogP contribution < -0.4 is 9.47 Å². The number of ketones is 2. The van der Waals surface area contributed by atoms with Gasteiger partial charge in [-0.3, -0.25) is 19.2 Å². The van der Waals surface area contributed by atoms with Gasteiger partial charge in [0.25, 0.3) is 0 Å². The SMILES string of the molecule is O=C1c2cccc(OC(=O)C3[C@H]4CCCC[C@H]34)c2C(=O)c2c(OC(=O)C3[C@@H]4CCCC[C@@H]34)cccc21. The molecule has 0 aliphatic heterocycles. The van der Waals surface area contributed by atoms with Crippen molar-refractivity contribution in [1.82, 2.24) is 0 Å². The van der Waals surface area contributed by atoms with Crippen molar-refractivity contribution in [3.8, 4) is 11.5 Å². The standard InChI is InChI=1S/C30H28O6/c31-27-19-11-5-13-21(35-29(33)23-15-7-1-2-8-16(15)23)25(19)28(32)26-20(27)12-6-14-22(26)36-30(34)24-17-9-3-4-10-18(17)24/h5-6,11-18,23-24H,1-4,7-10H2/t15-,16-,17+,18+. The highest BCUT2D eigenvalue weighted by molar-refractivity contribution is 6.30. The van der Waals surface area contributed by atoms with Crippen molar-refractivity contribution in [3.05, 3.63) is 58.7 Å². The number of hydrogen-bond acceptors (Lipinski definition) is 6. The van der Waals surface area contributed by atoms with E-state index < -0.39 is 5.78 Å². The van der Waals surface area contributed by atoms with Crippen molar-refractivity contribution in [1.29, 1.82) is 0 Å². The topological polar surface area (TPSA) is 86.7 Å². The number of carbonyl (C=O) groups excluding carboxylic acids is 4. The lowest BCUT2D eigenvalue weighted by molar-refractivity contribution is -0.137. The summed E-state index contributed by atoms with van der Waals surface area (Å²) in [7, 11) is 0. The molecule has 7 rings (SSSR count). The lowest BCUT2D eigenvalue weighted by atomic mass is 9.83. The third-order valence-corrected chi connectivity index (χ3v) is 9.27. The van der Waals surface area contributed by atoms with Crippen LogP contribution in [0.25, 0.3) is 0 Å². The fourth-order valence-corrected chi connectivity index (χ4v) is 7.39. The molecule has 0 unspecified atom stereocenters. The van der Waals surface area contributed by atoms with Crippen molar-refractivity contribution >= 4 is 23.5 Å². The molecule has 0 aromatic heterocycles. The highest BCUT2D eigenvalue weighted by atomic mass is 16.5. The minimum absolute atomic E-state index is 0.0792. The monoisotopic (exact) mass is 484 g/mol. The molecule has 36 heavy (non-hydrogen) atoms. The summed E-state index contributed by atoms with van der Waals surface area (Å²) in [5, 5.41) is 0. The Morgan fingerprint density at radius 3 is 1.36 bits per heavy atom. The van der Waals surface area contributed by atoms with E-state index in [4.69, 9.17) is 9.47 Å². The molecule has 0 heterocycles. The van der Waals surface area contributed by atoms with E-state index in [2.05, 4.69) is 0 Å². The quantitative estimate of drug-likeness (QED) is 0.376. The Morgan fingerprint density at radius 1 is 0.583 bits per heavy atom. The van der Waals surface area contributed by atoms with E-state index in [0.717, 1.165) is 51.4 Å². The average Bonchev–Trinajstić information content (AvgIpc) is 3.80. The Morgan fingerprint density at radius 2 is 0.972 bits per heavy atom. The Hall–Kier alpha value is -3.28. The van der Waals surface area contributed by atoms with Crippen LogP contribution >= 0.6 is 0 Å². The average molecular weight is 485 g/mol. The molecule has 5 aliphatic rings. The molecule has 0 amide bonds. The predicted octanol–water partition coefficient (Wildman–Crippen LogP) is 5.15. The first kappa shape index (κ1) is 22.0. The van der Waals surface area contributed by atoms with Crippen LogP contribution in [0.5, 0.6) is 11.5 Å². The second kappa shape index (κ2) is 8.12. The molecule has 0 spiro atoms. The molecule has 0 radical (unpaired) electrons. The number of ether oxygens (including phenoxy) is 2. The molecule has 2 aromatic rings. The lowest BCUT2D eigenvalue weighted by Crippen LogP contribution is -2.25. The first-order valence-corrected chi connectivity index (χ1v) is 13.3. The smallest absolute Gasteiger partial charge is 0.314 e. The molecule has 4 atom stereocenters. The third-order valence-electron chi connectivity index (χ3n) is 9.27. The van der Waals surface area contributed by atoms with E-state index in [1.54, 1.807) is 36.4 Å². The summed E-state index contributed by atoms with van der Waals surface area (Å²) in [6.07, 6.45) is 8.72. The number of hydrogen-bond donors (Lipinski definition) is 0. The van der Waals surface area contributed by atoms with Gasteiger partial charge in [-0.15, -0.1) is 0 Å². The minimum Gasteiger partial charge on any atom is -0.425 e. The highest BCUT2D eigenvalue weighted by Gasteiger charge is 2.57. The number of fused-ring (bicyclic) bond motifs is 4. The second-order valence-corrected chi connectivity index (χ2v) is 11.1. The molecule has 5 aliphatic carbocycles. The van der Waals surface area contributed by atoms with Gasteiger partial charge in [0, 0.05) is 11.1 Å². The van der Waals surface area contributed by atoms with Gasteiger partial charge in [-0.05, 0) is 61.5 Å². The Balaban J connectivity index is 1.19. The van der Waals surface area contributed by atoms with Gasteiger partial charge in [-0.2, -0.15) is 0 Å². The summed E-state index contributed by atoms with van der Waals surface area (Å²) in [5.41, 5.74) is 0.580. The van der Waals surface area contributed by atoms with Gasteiger partial charge in [0.2, 0.25) is 5.78 Å². The van der Waals surface area contributed by atoms with Crippen LogP contribution in [0, 0.1) is 35.5 Å². The molecule has 0 saturated heterocycles. The minimum atomic E-state index is -0.451. The molecule has 6 heteroatoms. The van der Waals surface area contributed by atoms with Crippen LogP contribution in [0.4, 0.5) is 0 Å². The maximum absolute atomic E-state index is 13.8. The molecule has 4 fully saturated rings. The van der Waals surface area contributed by atoms with Crippen molar-refractivity contribution < 1.29 is 28.7 Å². The largest absolute Gasteiger partial charge is 0.425 e. The fraction of sp³-hybridized carbons (Fsp3) is 0.467. The maximum atomic E-state index is 13.8. The first-order valence-electron chi connectivity index (χ1n) is 13.3. The fourth-order valence-electron chi connectivity index (χ4n) is 7.39. The second-order valence-electron chi connectivity index (χ2n) is 11.1. The van der Waals surface area contributed by atoms with Crippen molar-refractivity contribution in [3.63, 3.8) is 0 Å². The Bertz CT molecular complexity index is 1200. The molecular weight excluding hydrogens is 456 g/mol. The zero-order valence-corrected chi connectivity index (χ0v) is 20.0. The highest BCUT2D eigenvalue weighted by Crippen LogP contribution is 2.57. The molecule has 184 valence electrons. The van der Waals surface area contributed by atoms with Gasteiger partial charge in [-0.25, -0.2) is 0 Å². The number of esters is 2. The van der Waals surface area contributed by atoms with E-state index in [1.807, 2.05) is 0 Å². The molecule has 6 nitrogen and oxygen atoms in total. The van der Waals surface area contributed by atoms with Crippen LogP contribution in [0.15, 0.2) is 36.4 Å². The number of carbonyl (C=O) groups is 4. The van der Waals surface area contributed by atoms with Crippen LogP contribution in [-0.4, -0.2) is 23.5 Å². The van der Waals surface area contributed by atoms with Gasteiger partial charge < -0.3 is 9.47 Å². The van der Waals surface area contributed by atoms with E-state index in [0.29, 0.717) is 23.7 Å². The van der Waals surface area contributed by atoms with Gasteiger partial charge >= 0.3 is 11.9 Å². The van der Waals surface area contributed by atoms with Gasteiger partial charge in [0.05, 0.1) is 23.0 Å². The van der Waals surface area contributed by atoms with E-state index >= 15 is 0 Å². The van der Waals surface area contributed by atoms with Gasteiger partial charge in [0.1, 0.15) is 11.5 Å². The van der Waals surface area contributed by atoms with Crippen LogP contribution in [0.3, 0.4) is 0 Å². The number of rotatable bonds is 4. The van der Waals surface area contributed by atoms with Crippen LogP contribution in [0.1, 0.15) is 83.2 Å². The summed E-state index contributed by atoms with van der Waals surface area (Å²) in [4.78, 5) is 53.2. The molecular formula is C30H28O6. The summed E-state index contributed by atoms with van der Waals surface area (Å²) in [5.74, 6) is 0.0587. The zero-order chi connectivity index (χ0) is 24.6. The van der Waals surface area contributed by atoms with Crippen molar-refractivity contribution in [2.75, 3.05) is 0 Å². The summed E-state index contributed by atoms with van der Waals surface area (Å²) in [6, 6.07) is 9.58. The van der Waals surface area contributed by atoms with E-state index in [1.165, 1.54) is 0 Å². The van der Waals surface area contributed by atoms with Crippen molar-refractivity contribution in [2.24, 2.45) is 35.5 Å². The van der Waals surface area contributed by atoms with Crippen LogP contribution in [0.2, 0.25) is 0 Å². The van der Waals surface area contributed by atoms with E-state index in [-0.39, 0.29) is 63.3 Å². The Kier molecular flexibility index (Phi) is 4.95. The molecule has 2 aromatic carbocycles. The zero-order valence-electron chi connectivity index (χ0n) is 20.0. The van der Waals surface area contributed by atoms with Gasteiger partial charge in [-0.1, -0.05) is 49.9 Å². The summed E-state index contributed by atoms with van der Waals surface area (Å²) >= 11 is 0. The summed E-state index contributed by atoms with van der Waals surface area (Å²) in [6.45, 7) is 0. The maximum Gasteiger partial charge on any atom is 0.314 e. The molecule has 0 bridgehead atoms. The predicted molar refractivity (Wildman–Crippen MR) is 129 cm³/mol.